The second-order valence-electron chi connectivity index (χ2n) is 5.31. The average Bonchev–Trinajstić information content (AvgIpc) is 2.96. The maximum atomic E-state index is 12.1. The Morgan fingerprint density at radius 3 is 2.39 bits per heavy atom. The molecule has 0 aromatic heterocycles. The maximum absolute atomic E-state index is 12.1. The number of carbonyl (C=O) groups excluding carboxylic acids is 1. The number of hydrogen-bond donors (Lipinski definition) is 0. The van der Waals surface area contributed by atoms with Crippen LogP contribution in [0, 0.1) is 0 Å². The van der Waals surface area contributed by atoms with Gasteiger partial charge < -0.3 is 0 Å². The fraction of sp³-hybridized carbons (Fsp3) is 0. The van der Waals surface area contributed by atoms with Crippen LogP contribution >= 0.6 is 11.8 Å². The molecule has 3 aromatic rings. The molecule has 0 fully saturated rings. The first-order valence-corrected chi connectivity index (χ1v) is 8.18. The van der Waals surface area contributed by atoms with Crippen molar-refractivity contribution < 1.29 is 4.79 Å². The van der Waals surface area contributed by atoms with Crippen molar-refractivity contribution >= 4 is 39.6 Å². The van der Waals surface area contributed by atoms with Crippen molar-refractivity contribution in [2.75, 3.05) is 0 Å². The Labute approximate surface area is 138 Å². The minimum absolute atomic E-state index is 0.165. The summed E-state index contributed by atoms with van der Waals surface area (Å²) >= 11 is 1.43. The monoisotopic (exact) mass is 315 g/mol. The summed E-state index contributed by atoms with van der Waals surface area (Å²) in [6, 6.07) is 24.2. The van der Waals surface area contributed by atoms with Crippen LogP contribution < -0.4 is 0 Å². The van der Waals surface area contributed by atoms with Gasteiger partial charge in [-0.3, -0.25) is 4.79 Å². The third kappa shape index (κ3) is 2.83. The molecular weight excluding hydrogens is 302 g/mol. The van der Waals surface area contributed by atoms with Gasteiger partial charge in [0.2, 0.25) is 0 Å². The van der Waals surface area contributed by atoms with Crippen LogP contribution in [0.4, 0.5) is 0 Å². The third-order valence-corrected chi connectivity index (χ3v) is 4.75. The lowest BCUT2D eigenvalue weighted by Gasteiger charge is -2.01. The van der Waals surface area contributed by atoms with Gasteiger partial charge in [0.1, 0.15) is 5.04 Å². The predicted octanol–water partition coefficient (Wildman–Crippen LogP) is 4.90. The first-order chi connectivity index (χ1) is 11.3. The quantitative estimate of drug-likeness (QED) is 0.629. The summed E-state index contributed by atoms with van der Waals surface area (Å²) in [7, 11) is 0. The molecule has 1 heterocycles. The van der Waals surface area contributed by atoms with Crippen LogP contribution in [0.15, 0.2) is 82.7 Å². The third-order valence-electron chi connectivity index (χ3n) is 3.71. The van der Waals surface area contributed by atoms with Crippen molar-refractivity contribution in [2.24, 2.45) is 4.99 Å². The van der Waals surface area contributed by atoms with E-state index in [1.165, 1.54) is 22.5 Å². The first kappa shape index (κ1) is 14.0. The van der Waals surface area contributed by atoms with Crippen LogP contribution in [0.25, 0.3) is 16.8 Å². The number of nitrogens with zero attached hydrogens (tertiary/aromatic N) is 1. The number of fused-ring (bicyclic) bond motifs is 1. The number of rotatable bonds is 2. The van der Waals surface area contributed by atoms with E-state index in [2.05, 4.69) is 29.3 Å². The SMILES string of the molecule is O=C1N=C(c2ccccc2)S/C1=C\c1ccc2ccccc2c1. The van der Waals surface area contributed by atoms with Gasteiger partial charge in [0.25, 0.3) is 5.91 Å². The van der Waals surface area contributed by atoms with Crippen molar-refractivity contribution in [1.82, 2.24) is 0 Å². The van der Waals surface area contributed by atoms with Gasteiger partial charge in [0.15, 0.2) is 0 Å². The molecule has 0 atom stereocenters. The zero-order valence-corrected chi connectivity index (χ0v) is 13.1. The number of carbonyl (C=O) groups is 1. The highest BCUT2D eigenvalue weighted by Gasteiger charge is 2.22. The highest BCUT2D eigenvalue weighted by molar-refractivity contribution is 8.19. The van der Waals surface area contributed by atoms with Gasteiger partial charge in [0, 0.05) is 5.56 Å². The molecule has 3 heteroatoms. The molecular formula is C20H13NOS. The van der Waals surface area contributed by atoms with Crippen molar-refractivity contribution in [2.45, 2.75) is 0 Å². The van der Waals surface area contributed by atoms with E-state index in [1.54, 1.807) is 0 Å². The molecule has 0 aliphatic carbocycles. The van der Waals surface area contributed by atoms with Crippen LogP contribution in [0.3, 0.4) is 0 Å². The smallest absolute Gasteiger partial charge is 0.266 e. The van der Waals surface area contributed by atoms with Crippen LogP contribution in [-0.4, -0.2) is 11.0 Å². The molecule has 0 spiro atoms. The van der Waals surface area contributed by atoms with Crippen LogP contribution in [-0.2, 0) is 4.79 Å². The summed E-state index contributed by atoms with van der Waals surface area (Å²) in [5, 5.41) is 3.13. The standard InChI is InChI=1S/C20H13NOS/c22-19-18(23-20(21-19)16-7-2-1-3-8-16)13-14-10-11-15-6-4-5-9-17(15)12-14/h1-13H/b18-13-. The normalized spacial score (nSPS) is 16.1. The van der Waals surface area contributed by atoms with Gasteiger partial charge in [-0.25, -0.2) is 4.99 Å². The van der Waals surface area contributed by atoms with Gasteiger partial charge in [-0.1, -0.05) is 78.5 Å². The van der Waals surface area contributed by atoms with Gasteiger partial charge in [-0.2, -0.15) is 0 Å². The summed E-state index contributed by atoms with van der Waals surface area (Å²) in [5.41, 5.74) is 2.00. The van der Waals surface area contributed by atoms with Crippen molar-refractivity contribution in [3.8, 4) is 0 Å². The lowest BCUT2D eigenvalue weighted by molar-refractivity contribution is -0.113. The zero-order valence-electron chi connectivity index (χ0n) is 12.3. The fourth-order valence-electron chi connectivity index (χ4n) is 2.56. The van der Waals surface area contributed by atoms with E-state index in [9.17, 15) is 4.79 Å². The molecule has 4 rings (SSSR count). The van der Waals surface area contributed by atoms with E-state index in [0.717, 1.165) is 16.2 Å². The highest BCUT2D eigenvalue weighted by atomic mass is 32.2. The second kappa shape index (κ2) is 5.86. The van der Waals surface area contributed by atoms with E-state index in [0.29, 0.717) is 4.91 Å². The molecule has 1 amide bonds. The molecule has 0 unspecified atom stereocenters. The van der Waals surface area contributed by atoms with Crippen molar-refractivity contribution in [3.05, 3.63) is 88.8 Å². The topological polar surface area (TPSA) is 29.4 Å². The average molecular weight is 315 g/mol. The summed E-state index contributed by atoms with van der Waals surface area (Å²) in [5.74, 6) is -0.165. The number of hydrogen-bond acceptors (Lipinski definition) is 2. The zero-order chi connectivity index (χ0) is 15.6. The van der Waals surface area contributed by atoms with Crippen LogP contribution in [0.2, 0.25) is 0 Å². The predicted molar refractivity (Wildman–Crippen MR) is 97.5 cm³/mol. The van der Waals surface area contributed by atoms with E-state index in [4.69, 9.17) is 0 Å². The number of aliphatic imine (C=N–C) groups is 1. The van der Waals surface area contributed by atoms with E-state index >= 15 is 0 Å². The lowest BCUT2D eigenvalue weighted by Crippen LogP contribution is -1.89. The van der Waals surface area contributed by atoms with E-state index in [-0.39, 0.29) is 5.91 Å². The number of amides is 1. The largest absolute Gasteiger partial charge is 0.284 e. The minimum atomic E-state index is -0.165. The maximum Gasteiger partial charge on any atom is 0.284 e. The summed E-state index contributed by atoms with van der Waals surface area (Å²) in [4.78, 5) is 17.0. The van der Waals surface area contributed by atoms with Crippen LogP contribution in [0.1, 0.15) is 11.1 Å². The molecule has 0 saturated heterocycles. The van der Waals surface area contributed by atoms with E-state index in [1.807, 2.05) is 54.6 Å². The molecule has 0 radical (unpaired) electrons. The Balaban J connectivity index is 1.65. The molecule has 2 nitrogen and oxygen atoms in total. The Kier molecular flexibility index (Phi) is 3.56. The Morgan fingerprint density at radius 2 is 1.57 bits per heavy atom. The molecule has 0 N–H and O–H groups in total. The number of benzene rings is 3. The molecule has 0 bridgehead atoms. The highest BCUT2D eigenvalue weighted by Crippen LogP contribution is 2.32. The van der Waals surface area contributed by atoms with Gasteiger partial charge >= 0.3 is 0 Å². The van der Waals surface area contributed by atoms with Crippen LogP contribution in [0.5, 0.6) is 0 Å². The van der Waals surface area contributed by atoms with Crippen molar-refractivity contribution in [3.63, 3.8) is 0 Å². The Morgan fingerprint density at radius 1 is 0.826 bits per heavy atom. The lowest BCUT2D eigenvalue weighted by atomic mass is 10.1. The molecule has 110 valence electrons. The molecule has 0 saturated carbocycles. The Hall–Kier alpha value is -2.65. The first-order valence-electron chi connectivity index (χ1n) is 7.36. The summed E-state index contributed by atoms with van der Waals surface area (Å²) < 4.78 is 0. The number of thioether (sulfide) groups is 1. The van der Waals surface area contributed by atoms with E-state index < -0.39 is 0 Å². The molecule has 23 heavy (non-hydrogen) atoms. The minimum Gasteiger partial charge on any atom is -0.266 e. The van der Waals surface area contributed by atoms with Crippen molar-refractivity contribution in [1.29, 1.82) is 0 Å². The van der Waals surface area contributed by atoms with Gasteiger partial charge in [0.05, 0.1) is 4.91 Å². The molecule has 3 aromatic carbocycles. The van der Waals surface area contributed by atoms with Gasteiger partial charge in [-0.15, -0.1) is 0 Å². The van der Waals surface area contributed by atoms with Gasteiger partial charge in [-0.05, 0) is 28.5 Å². The summed E-state index contributed by atoms with van der Waals surface area (Å²) in [6.07, 6.45) is 1.92. The Bertz CT molecular complexity index is 958. The molecule has 1 aliphatic heterocycles. The summed E-state index contributed by atoms with van der Waals surface area (Å²) in [6.45, 7) is 0. The second-order valence-corrected chi connectivity index (χ2v) is 6.34. The fourth-order valence-corrected chi connectivity index (χ4v) is 3.48. The molecule has 1 aliphatic rings.